The minimum absolute atomic E-state index is 0.121. The van der Waals surface area contributed by atoms with Gasteiger partial charge >= 0.3 is 0 Å². The number of piperazine rings is 1. The van der Waals surface area contributed by atoms with Gasteiger partial charge in [0, 0.05) is 0 Å². The number of sulfonamides is 1. The molecule has 7 nitrogen and oxygen atoms in total. The number of para-hydroxylation sites is 1. The number of benzene rings is 2. The van der Waals surface area contributed by atoms with Crippen molar-refractivity contribution in [3.63, 3.8) is 0 Å². The third kappa shape index (κ3) is 4.89. The smallest absolute Gasteiger partial charge is 0.264 e. The Kier molecular flexibility index (Phi) is 6.76. The van der Waals surface area contributed by atoms with Crippen LogP contribution in [0.3, 0.4) is 0 Å². The van der Waals surface area contributed by atoms with Gasteiger partial charge in [-0.2, -0.15) is 0 Å². The van der Waals surface area contributed by atoms with Crippen molar-refractivity contribution in [1.82, 2.24) is 4.90 Å². The van der Waals surface area contributed by atoms with E-state index in [9.17, 15) is 13.2 Å². The number of hydrogen-bond acceptors (Lipinski definition) is 4. The summed E-state index contributed by atoms with van der Waals surface area (Å²) in [6.45, 7) is 6.01. The van der Waals surface area contributed by atoms with Crippen molar-refractivity contribution in [2.45, 2.75) is 11.8 Å². The molecule has 1 saturated heterocycles. The van der Waals surface area contributed by atoms with Crippen molar-refractivity contribution in [3.05, 3.63) is 54.6 Å². The van der Waals surface area contributed by atoms with Crippen LogP contribution in [0.1, 0.15) is 6.92 Å². The summed E-state index contributed by atoms with van der Waals surface area (Å²) in [5.74, 6) is 0.392. The quantitative estimate of drug-likeness (QED) is 0.716. The number of amides is 1. The van der Waals surface area contributed by atoms with Crippen LogP contribution in [0, 0.1) is 0 Å². The van der Waals surface area contributed by atoms with Crippen LogP contribution in [0.2, 0.25) is 0 Å². The molecule has 0 unspecified atom stereocenters. The molecule has 1 aliphatic heterocycles. The lowest BCUT2D eigenvalue weighted by molar-refractivity contribution is -0.902. The Morgan fingerprint density at radius 1 is 1.07 bits per heavy atom. The molecule has 0 atom stereocenters. The fraction of sp³-hybridized carbons (Fsp3) is 0.381. The minimum Gasteiger partial charge on any atom is -0.497 e. The Morgan fingerprint density at radius 2 is 1.69 bits per heavy atom. The number of hydrogen-bond donors (Lipinski definition) is 1. The standard InChI is InChI=1S/C21H27N3O4S/c1-3-22-13-15-23(16-14-22)21(25)17-24(18-7-5-4-6-8-18)29(26,27)20-11-9-19(28-2)10-12-20/h4-12H,3,13-17H2,1-2H3/p+1. The van der Waals surface area contributed by atoms with Crippen molar-refractivity contribution in [3.8, 4) is 5.75 Å². The van der Waals surface area contributed by atoms with E-state index in [1.165, 1.54) is 28.4 Å². The lowest BCUT2D eigenvalue weighted by atomic mass is 10.3. The monoisotopic (exact) mass is 418 g/mol. The molecule has 1 aliphatic rings. The van der Waals surface area contributed by atoms with Gasteiger partial charge in [-0.3, -0.25) is 9.10 Å². The molecule has 0 saturated carbocycles. The molecule has 2 aromatic carbocycles. The first kappa shape index (κ1) is 21.1. The molecule has 8 heteroatoms. The summed E-state index contributed by atoms with van der Waals surface area (Å²) < 4.78 is 33.0. The summed E-state index contributed by atoms with van der Waals surface area (Å²) in [5.41, 5.74) is 0.467. The second kappa shape index (κ2) is 9.28. The van der Waals surface area contributed by atoms with Gasteiger partial charge in [-0.05, 0) is 43.3 Å². The van der Waals surface area contributed by atoms with Gasteiger partial charge in [0.05, 0.1) is 50.4 Å². The molecule has 0 aliphatic carbocycles. The van der Waals surface area contributed by atoms with Gasteiger partial charge in [0.1, 0.15) is 12.3 Å². The molecule has 156 valence electrons. The first-order chi connectivity index (χ1) is 14.0. The number of quaternary nitrogens is 1. The lowest BCUT2D eigenvalue weighted by Gasteiger charge is -2.33. The Balaban J connectivity index is 1.86. The Labute approximate surface area is 172 Å². The average molecular weight is 419 g/mol. The molecule has 29 heavy (non-hydrogen) atoms. The molecule has 0 radical (unpaired) electrons. The van der Waals surface area contributed by atoms with Crippen LogP contribution in [0.15, 0.2) is 59.5 Å². The van der Waals surface area contributed by atoms with Crippen LogP contribution in [0.25, 0.3) is 0 Å². The molecule has 1 fully saturated rings. The maximum atomic E-state index is 13.4. The van der Waals surface area contributed by atoms with Crippen LogP contribution in [0.4, 0.5) is 5.69 Å². The van der Waals surface area contributed by atoms with E-state index in [1.54, 1.807) is 41.3 Å². The van der Waals surface area contributed by atoms with E-state index < -0.39 is 10.0 Å². The van der Waals surface area contributed by atoms with E-state index in [2.05, 4.69) is 6.92 Å². The number of methoxy groups -OCH3 is 1. The number of carbonyl (C=O) groups excluding carboxylic acids is 1. The average Bonchev–Trinajstić information content (AvgIpc) is 2.77. The minimum atomic E-state index is -3.90. The van der Waals surface area contributed by atoms with Crippen molar-refractivity contribution in [2.24, 2.45) is 0 Å². The Morgan fingerprint density at radius 3 is 2.24 bits per heavy atom. The molecule has 0 bridgehead atoms. The maximum Gasteiger partial charge on any atom is 0.264 e. The van der Waals surface area contributed by atoms with E-state index in [0.717, 1.165) is 19.6 Å². The molecule has 1 amide bonds. The first-order valence-electron chi connectivity index (χ1n) is 9.79. The Hall–Kier alpha value is -2.58. The van der Waals surface area contributed by atoms with Crippen LogP contribution in [-0.2, 0) is 14.8 Å². The second-order valence-electron chi connectivity index (χ2n) is 7.01. The van der Waals surface area contributed by atoms with E-state index in [-0.39, 0.29) is 17.3 Å². The van der Waals surface area contributed by atoms with Crippen molar-refractivity contribution in [1.29, 1.82) is 0 Å². The molecule has 0 spiro atoms. The summed E-state index contributed by atoms with van der Waals surface area (Å²) in [6.07, 6.45) is 0. The topological polar surface area (TPSA) is 71.4 Å². The molecule has 3 rings (SSSR count). The molecule has 0 aromatic heterocycles. The number of nitrogens with zero attached hydrogens (tertiary/aromatic N) is 2. The highest BCUT2D eigenvalue weighted by Gasteiger charge is 2.30. The molecular weight excluding hydrogens is 390 g/mol. The second-order valence-corrected chi connectivity index (χ2v) is 8.87. The largest absolute Gasteiger partial charge is 0.497 e. The van der Waals surface area contributed by atoms with Gasteiger partial charge in [-0.25, -0.2) is 8.42 Å². The highest BCUT2D eigenvalue weighted by Crippen LogP contribution is 2.25. The van der Waals surface area contributed by atoms with E-state index >= 15 is 0 Å². The predicted molar refractivity (Wildman–Crippen MR) is 112 cm³/mol. The summed E-state index contributed by atoms with van der Waals surface area (Å²) in [4.78, 5) is 16.3. The van der Waals surface area contributed by atoms with Crippen LogP contribution < -0.4 is 13.9 Å². The van der Waals surface area contributed by atoms with E-state index in [4.69, 9.17) is 4.74 Å². The molecule has 2 aromatic rings. The summed E-state index contributed by atoms with van der Waals surface area (Å²) >= 11 is 0. The van der Waals surface area contributed by atoms with E-state index in [0.29, 0.717) is 24.5 Å². The van der Waals surface area contributed by atoms with E-state index in [1.807, 2.05) is 6.07 Å². The van der Waals surface area contributed by atoms with Crippen LogP contribution >= 0.6 is 0 Å². The number of anilines is 1. The zero-order valence-electron chi connectivity index (χ0n) is 16.9. The van der Waals surface area contributed by atoms with Crippen molar-refractivity contribution >= 4 is 21.6 Å². The highest BCUT2D eigenvalue weighted by atomic mass is 32.2. The number of likely N-dealkylation sites (N-methyl/N-ethyl adjacent to an activating group) is 1. The van der Waals surface area contributed by atoms with Crippen molar-refractivity contribution < 1.29 is 22.8 Å². The molecular formula is C21H28N3O4S+. The summed E-state index contributed by atoms with van der Waals surface area (Å²) in [5, 5.41) is 0. The first-order valence-corrected chi connectivity index (χ1v) is 11.2. The zero-order chi connectivity index (χ0) is 20.9. The van der Waals surface area contributed by atoms with Gasteiger partial charge in [0.15, 0.2) is 0 Å². The SMILES string of the molecule is CC[NH+]1CCN(C(=O)CN(c2ccccc2)S(=O)(=O)c2ccc(OC)cc2)CC1. The third-order valence-corrected chi connectivity index (χ3v) is 7.08. The molecule has 1 heterocycles. The van der Waals surface area contributed by atoms with Gasteiger partial charge in [0.25, 0.3) is 10.0 Å². The normalized spacial score (nSPS) is 15.2. The Bertz CT molecular complexity index is 909. The van der Waals surface area contributed by atoms with Crippen LogP contribution in [-0.4, -0.2) is 65.6 Å². The summed E-state index contributed by atoms with van der Waals surface area (Å²) in [6, 6.07) is 14.9. The third-order valence-electron chi connectivity index (χ3n) is 5.29. The highest BCUT2D eigenvalue weighted by molar-refractivity contribution is 7.92. The van der Waals surface area contributed by atoms with Crippen LogP contribution in [0.5, 0.6) is 5.75 Å². The summed E-state index contributed by atoms with van der Waals surface area (Å²) in [7, 11) is -2.38. The number of carbonyl (C=O) groups is 1. The van der Waals surface area contributed by atoms with Gasteiger partial charge < -0.3 is 14.5 Å². The fourth-order valence-corrected chi connectivity index (χ4v) is 4.85. The fourth-order valence-electron chi connectivity index (χ4n) is 3.43. The number of rotatable bonds is 7. The number of ether oxygens (including phenoxy) is 1. The lowest BCUT2D eigenvalue weighted by Crippen LogP contribution is -3.14. The van der Waals surface area contributed by atoms with Gasteiger partial charge in [-0.1, -0.05) is 18.2 Å². The molecule has 1 N–H and O–H groups in total. The number of nitrogens with one attached hydrogen (secondary N) is 1. The maximum absolute atomic E-state index is 13.4. The predicted octanol–water partition coefficient (Wildman–Crippen LogP) is 0.638. The van der Waals surface area contributed by atoms with Gasteiger partial charge in [0.2, 0.25) is 5.91 Å². The van der Waals surface area contributed by atoms with Crippen molar-refractivity contribution in [2.75, 3.05) is 50.7 Å². The zero-order valence-corrected chi connectivity index (χ0v) is 17.7. The van der Waals surface area contributed by atoms with Gasteiger partial charge in [-0.15, -0.1) is 0 Å².